The third kappa shape index (κ3) is 3.04. The summed E-state index contributed by atoms with van der Waals surface area (Å²) in [5, 5.41) is 9.82. The second-order valence-corrected chi connectivity index (χ2v) is 5.11. The highest BCUT2D eigenvalue weighted by molar-refractivity contribution is 8.00. The summed E-state index contributed by atoms with van der Waals surface area (Å²) in [6, 6.07) is 3.13. The second kappa shape index (κ2) is 5.56. The maximum absolute atomic E-state index is 13.7. The number of hydrogen-bond acceptors (Lipinski definition) is 4. The van der Waals surface area contributed by atoms with Gasteiger partial charge in [-0.2, -0.15) is 0 Å². The Morgan fingerprint density at radius 3 is 2.84 bits per heavy atom. The summed E-state index contributed by atoms with van der Waals surface area (Å²) in [5.74, 6) is -2.83. The van der Waals surface area contributed by atoms with Crippen molar-refractivity contribution in [3.05, 3.63) is 35.4 Å². The zero-order valence-electron chi connectivity index (χ0n) is 9.77. The molecule has 4 nitrogen and oxygen atoms in total. The minimum Gasteiger partial charge on any atom is -0.550 e. The number of aliphatic carboxylic acids is 1. The number of carbonyl (C=O) groups is 2. The molecular formula is C12H10F2NO3S-. The van der Waals surface area contributed by atoms with Gasteiger partial charge in [0, 0.05) is 30.6 Å². The first-order valence-corrected chi connectivity index (χ1v) is 6.60. The van der Waals surface area contributed by atoms with E-state index in [1.807, 2.05) is 0 Å². The summed E-state index contributed by atoms with van der Waals surface area (Å²) in [7, 11) is 0. The van der Waals surface area contributed by atoms with Crippen molar-refractivity contribution in [2.24, 2.45) is 0 Å². The highest BCUT2D eigenvalue weighted by Crippen LogP contribution is 2.39. The van der Waals surface area contributed by atoms with Crippen LogP contribution in [0.15, 0.2) is 18.2 Å². The molecule has 0 bridgehead atoms. The van der Waals surface area contributed by atoms with Gasteiger partial charge in [0.15, 0.2) is 0 Å². The monoisotopic (exact) mass is 286 g/mol. The predicted octanol–water partition coefficient (Wildman–Crippen LogP) is 0.679. The van der Waals surface area contributed by atoms with Crippen LogP contribution in [0.5, 0.6) is 0 Å². The van der Waals surface area contributed by atoms with Gasteiger partial charge in [0.2, 0.25) is 5.91 Å². The van der Waals surface area contributed by atoms with Crippen molar-refractivity contribution in [2.45, 2.75) is 11.8 Å². The average Bonchev–Trinajstić information content (AvgIpc) is 2.68. The topological polar surface area (TPSA) is 60.4 Å². The Balaban J connectivity index is 2.21. The Labute approximate surface area is 112 Å². The summed E-state index contributed by atoms with van der Waals surface area (Å²) >= 11 is 1.18. The number of nitrogens with zero attached hydrogens (tertiary/aromatic N) is 1. The van der Waals surface area contributed by atoms with Crippen LogP contribution in [0.4, 0.5) is 8.78 Å². The van der Waals surface area contributed by atoms with Gasteiger partial charge in [0.05, 0.1) is 5.75 Å². The van der Waals surface area contributed by atoms with Crippen molar-refractivity contribution in [3.63, 3.8) is 0 Å². The molecule has 1 fully saturated rings. The molecule has 0 aliphatic carbocycles. The van der Waals surface area contributed by atoms with E-state index in [2.05, 4.69) is 0 Å². The summed E-state index contributed by atoms with van der Waals surface area (Å²) in [4.78, 5) is 23.4. The maximum Gasteiger partial charge on any atom is 0.233 e. The SMILES string of the molecule is O=C([O-])CCN1C(=O)CS[C@@H]1c1ccc(F)cc1F. The van der Waals surface area contributed by atoms with Gasteiger partial charge in [0.25, 0.3) is 0 Å². The molecule has 1 amide bonds. The minimum absolute atomic E-state index is 0.0460. The number of thioether (sulfide) groups is 1. The number of halogens is 2. The van der Waals surface area contributed by atoms with Gasteiger partial charge in [-0.05, 0) is 6.07 Å². The van der Waals surface area contributed by atoms with Crippen LogP contribution in [0.1, 0.15) is 17.4 Å². The highest BCUT2D eigenvalue weighted by Gasteiger charge is 2.34. The van der Waals surface area contributed by atoms with Gasteiger partial charge in [-0.15, -0.1) is 11.8 Å². The zero-order valence-corrected chi connectivity index (χ0v) is 10.6. The molecule has 1 saturated heterocycles. The molecule has 2 rings (SSSR count). The Morgan fingerprint density at radius 1 is 1.47 bits per heavy atom. The first-order chi connectivity index (χ1) is 8.99. The largest absolute Gasteiger partial charge is 0.550 e. The van der Waals surface area contributed by atoms with E-state index in [0.717, 1.165) is 12.1 Å². The summed E-state index contributed by atoms with van der Waals surface area (Å²) in [5.41, 5.74) is 0.176. The first-order valence-electron chi connectivity index (χ1n) is 5.55. The molecule has 0 saturated carbocycles. The van der Waals surface area contributed by atoms with E-state index in [-0.39, 0.29) is 30.2 Å². The van der Waals surface area contributed by atoms with E-state index in [1.165, 1.54) is 22.7 Å². The number of carboxylic acids is 1. The molecule has 19 heavy (non-hydrogen) atoms. The van der Waals surface area contributed by atoms with Gasteiger partial charge in [0.1, 0.15) is 17.0 Å². The number of hydrogen-bond donors (Lipinski definition) is 0. The van der Waals surface area contributed by atoms with Gasteiger partial charge in [-0.3, -0.25) is 4.79 Å². The van der Waals surface area contributed by atoms with E-state index in [0.29, 0.717) is 0 Å². The Kier molecular flexibility index (Phi) is 4.04. The van der Waals surface area contributed by atoms with Crippen LogP contribution in [-0.4, -0.2) is 29.1 Å². The molecule has 0 unspecified atom stereocenters. The minimum atomic E-state index is -1.27. The number of rotatable bonds is 4. The molecule has 102 valence electrons. The molecule has 1 aliphatic heterocycles. The Morgan fingerprint density at radius 2 is 2.21 bits per heavy atom. The molecular weight excluding hydrogens is 276 g/mol. The smallest absolute Gasteiger partial charge is 0.233 e. The highest BCUT2D eigenvalue weighted by atomic mass is 32.2. The third-order valence-electron chi connectivity index (χ3n) is 2.75. The lowest BCUT2D eigenvalue weighted by Crippen LogP contribution is -2.34. The maximum atomic E-state index is 13.7. The zero-order chi connectivity index (χ0) is 14.0. The van der Waals surface area contributed by atoms with Crippen LogP contribution in [0.25, 0.3) is 0 Å². The lowest BCUT2D eigenvalue weighted by Gasteiger charge is -2.24. The lowest BCUT2D eigenvalue weighted by molar-refractivity contribution is -0.305. The van der Waals surface area contributed by atoms with E-state index >= 15 is 0 Å². The molecule has 0 radical (unpaired) electrons. The van der Waals surface area contributed by atoms with E-state index in [9.17, 15) is 23.5 Å². The number of carbonyl (C=O) groups excluding carboxylic acids is 2. The van der Waals surface area contributed by atoms with Crippen molar-refractivity contribution >= 4 is 23.6 Å². The van der Waals surface area contributed by atoms with E-state index in [1.54, 1.807) is 0 Å². The molecule has 1 aromatic carbocycles. The fourth-order valence-electron chi connectivity index (χ4n) is 1.87. The third-order valence-corrected chi connectivity index (χ3v) is 3.99. The quantitative estimate of drug-likeness (QED) is 0.816. The predicted molar refractivity (Wildman–Crippen MR) is 62.9 cm³/mol. The number of carboxylic acid groups (broad SMARTS) is 1. The van der Waals surface area contributed by atoms with Crippen LogP contribution in [0, 0.1) is 11.6 Å². The second-order valence-electron chi connectivity index (χ2n) is 4.04. The number of benzene rings is 1. The van der Waals surface area contributed by atoms with Crippen LogP contribution >= 0.6 is 11.8 Å². The van der Waals surface area contributed by atoms with E-state index in [4.69, 9.17) is 0 Å². The molecule has 1 atom stereocenters. The average molecular weight is 286 g/mol. The molecule has 0 aromatic heterocycles. The van der Waals surface area contributed by atoms with Crippen LogP contribution in [0.3, 0.4) is 0 Å². The first kappa shape index (κ1) is 13.8. The molecule has 1 heterocycles. The van der Waals surface area contributed by atoms with Crippen molar-refractivity contribution in [2.75, 3.05) is 12.3 Å². The summed E-state index contributed by atoms with van der Waals surface area (Å²) < 4.78 is 26.5. The summed E-state index contributed by atoms with van der Waals surface area (Å²) in [6.07, 6.45) is -0.314. The van der Waals surface area contributed by atoms with Crippen molar-refractivity contribution in [3.8, 4) is 0 Å². The van der Waals surface area contributed by atoms with Gasteiger partial charge < -0.3 is 14.8 Å². The number of amides is 1. The standard InChI is InChI=1S/C12H11F2NO3S/c13-7-1-2-8(9(14)5-7)12-15(4-3-11(17)18)10(16)6-19-12/h1-2,5,12H,3-4,6H2,(H,17,18)/p-1/t12-/m1/s1. The van der Waals surface area contributed by atoms with Gasteiger partial charge in [-0.1, -0.05) is 6.07 Å². The van der Waals surface area contributed by atoms with Crippen LogP contribution in [0.2, 0.25) is 0 Å². The van der Waals surface area contributed by atoms with Crippen molar-refractivity contribution < 1.29 is 23.5 Å². The molecule has 1 aliphatic rings. The van der Waals surface area contributed by atoms with E-state index < -0.39 is 23.0 Å². The Bertz CT molecular complexity index is 524. The normalized spacial score (nSPS) is 18.9. The Hall–Kier alpha value is -1.63. The van der Waals surface area contributed by atoms with Gasteiger partial charge in [-0.25, -0.2) is 8.78 Å². The van der Waals surface area contributed by atoms with Crippen molar-refractivity contribution in [1.82, 2.24) is 4.90 Å². The lowest BCUT2D eigenvalue weighted by atomic mass is 10.2. The fourth-order valence-corrected chi connectivity index (χ4v) is 3.11. The van der Waals surface area contributed by atoms with Gasteiger partial charge >= 0.3 is 0 Å². The van der Waals surface area contributed by atoms with Crippen LogP contribution < -0.4 is 5.11 Å². The summed E-state index contributed by atoms with van der Waals surface area (Å²) in [6.45, 7) is -0.0460. The van der Waals surface area contributed by atoms with Crippen molar-refractivity contribution in [1.29, 1.82) is 0 Å². The fraction of sp³-hybridized carbons (Fsp3) is 0.333. The molecule has 0 N–H and O–H groups in total. The molecule has 7 heteroatoms. The molecule has 1 aromatic rings. The van der Waals surface area contributed by atoms with Crippen LogP contribution in [-0.2, 0) is 9.59 Å². The molecule has 0 spiro atoms.